The Morgan fingerprint density at radius 2 is 1.93 bits per heavy atom. The zero-order chi connectivity index (χ0) is 19.7. The number of aromatic nitrogens is 3. The molecule has 5 nitrogen and oxygen atoms in total. The number of hydrogen-bond acceptors (Lipinski definition) is 4. The van der Waals surface area contributed by atoms with Crippen LogP contribution in [0.2, 0.25) is 0 Å². The minimum absolute atomic E-state index is 0.253. The second-order valence-electron chi connectivity index (χ2n) is 6.00. The van der Waals surface area contributed by atoms with E-state index in [1.165, 1.54) is 11.3 Å². The van der Waals surface area contributed by atoms with E-state index >= 15 is 0 Å². The summed E-state index contributed by atoms with van der Waals surface area (Å²) in [4.78, 5) is 22.1. The molecule has 0 fully saturated rings. The lowest BCUT2D eigenvalue weighted by Crippen LogP contribution is -2.13. The molecule has 1 amide bonds. The fraction of sp³-hybridized carbons (Fsp3) is 0.0500. The Balaban J connectivity index is 1.73. The summed E-state index contributed by atoms with van der Waals surface area (Å²) in [6, 6.07) is 12.3. The largest absolute Gasteiger partial charge is 0.333 e. The maximum Gasteiger partial charge on any atom is 0.260 e. The molecular formula is C20H14F2N4OS. The summed E-state index contributed by atoms with van der Waals surface area (Å²) in [6.07, 6.45) is 3.49. The normalized spacial score (nSPS) is 10.8. The van der Waals surface area contributed by atoms with Crippen molar-refractivity contribution in [2.24, 2.45) is 7.05 Å². The number of nitrogens with one attached hydrogen (secondary N) is 1. The predicted molar refractivity (Wildman–Crippen MR) is 104 cm³/mol. The summed E-state index contributed by atoms with van der Waals surface area (Å²) >= 11 is 1.24. The van der Waals surface area contributed by atoms with Crippen molar-refractivity contribution in [3.8, 4) is 22.0 Å². The first-order valence-electron chi connectivity index (χ1n) is 8.33. The van der Waals surface area contributed by atoms with Gasteiger partial charge in [-0.15, -0.1) is 0 Å². The number of anilines is 1. The maximum atomic E-state index is 13.9. The Kier molecular flexibility index (Phi) is 4.70. The molecule has 140 valence electrons. The van der Waals surface area contributed by atoms with Crippen LogP contribution in [0.1, 0.15) is 10.4 Å². The highest BCUT2D eigenvalue weighted by Gasteiger charge is 2.20. The van der Waals surface area contributed by atoms with Crippen molar-refractivity contribution < 1.29 is 13.6 Å². The molecule has 1 N–H and O–H groups in total. The maximum absolute atomic E-state index is 13.9. The van der Waals surface area contributed by atoms with Gasteiger partial charge in [0.2, 0.25) is 0 Å². The third-order valence-electron chi connectivity index (χ3n) is 4.09. The van der Waals surface area contributed by atoms with Gasteiger partial charge < -0.3 is 4.57 Å². The number of hydrogen-bond donors (Lipinski definition) is 1. The molecule has 0 bridgehead atoms. The minimum Gasteiger partial charge on any atom is -0.333 e. The van der Waals surface area contributed by atoms with E-state index in [2.05, 4.69) is 15.3 Å². The number of rotatable bonds is 4. The molecule has 0 unspecified atom stereocenters. The van der Waals surface area contributed by atoms with Gasteiger partial charge in [-0.05, 0) is 12.1 Å². The first-order chi connectivity index (χ1) is 13.5. The van der Waals surface area contributed by atoms with E-state index in [1.54, 1.807) is 6.20 Å². The van der Waals surface area contributed by atoms with Crippen molar-refractivity contribution >= 4 is 22.4 Å². The lowest BCUT2D eigenvalue weighted by molar-refractivity contribution is 0.102. The van der Waals surface area contributed by atoms with Crippen LogP contribution in [0.5, 0.6) is 0 Å². The van der Waals surface area contributed by atoms with Crippen molar-refractivity contribution in [2.45, 2.75) is 0 Å². The average molecular weight is 396 g/mol. The predicted octanol–water partition coefficient (Wildman–Crippen LogP) is 4.74. The van der Waals surface area contributed by atoms with Gasteiger partial charge in [0.25, 0.3) is 5.91 Å². The SMILES string of the molecule is Cn1ccnc1-c1sc(NC(=O)c2ccc(F)cc2F)nc1-c1ccccc1. The standard InChI is InChI=1S/C20H14F2N4OS/c1-26-10-9-23-18(26)17-16(12-5-3-2-4-6-12)24-20(28-17)25-19(27)14-8-7-13(21)11-15(14)22/h2-11H,1H3,(H,24,25,27). The number of imidazole rings is 1. The number of halogens is 2. The number of carbonyl (C=O) groups is 1. The molecule has 2 heterocycles. The fourth-order valence-corrected chi connectivity index (χ4v) is 3.76. The molecule has 8 heteroatoms. The second-order valence-corrected chi connectivity index (χ2v) is 7.00. The molecule has 0 aliphatic rings. The van der Waals surface area contributed by atoms with Gasteiger partial charge in [-0.1, -0.05) is 41.7 Å². The van der Waals surface area contributed by atoms with E-state index in [4.69, 9.17) is 0 Å². The highest BCUT2D eigenvalue weighted by atomic mass is 32.1. The number of aryl methyl sites for hydroxylation is 1. The lowest BCUT2D eigenvalue weighted by Gasteiger charge is -2.03. The molecule has 2 aromatic carbocycles. The van der Waals surface area contributed by atoms with Crippen LogP contribution in [0.4, 0.5) is 13.9 Å². The van der Waals surface area contributed by atoms with Gasteiger partial charge in [-0.25, -0.2) is 18.7 Å². The van der Waals surface area contributed by atoms with Gasteiger partial charge in [-0.3, -0.25) is 10.1 Å². The van der Waals surface area contributed by atoms with E-state index in [0.717, 1.165) is 22.6 Å². The number of benzene rings is 2. The van der Waals surface area contributed by atoms with Crippen LogP contribution >= 0.6 is 11.3 Å². The molecule has 4 aromatic rings. The van der Waals surface area contributed by atoms with Crippen molar-refractivity contribution in [1.82, 2.24) is 14.5 Å². The van der Waals surface area contributed by atoms with Gasteiger partial charge in [0.05, 0.1) is 16.1 Å². The summed E-state index contributed by atoms with van der Waals surface area (Å²) in [6.45, 7) is 0. The molecule has 0 radical (unpaired) electrons. The number of thiazole rings is 1. The fourth-order valence-electron chi connectivity index (χ4n) is 2.74. The third-order valence-corrected chi connectivity index (χ3v) is 5.06. The van der Waals surface area contributed by atoms with Crippen LogP contribution in [-0.4, -0.2) is 20.4 Å². The highest BCUT2D eigenvalue weighted by Crippen LogP contribution is 2.38. The Morgan fingerprint density at radius 3 is 2.61 bits per heavy atom. The van der Waals surface area contributed by atoms with Crippen molar-refractivity contribution in [3.05, 3.63) is 78.1 Å². The summed E-state index contributed by atoms with van der Waals surface area (Å²) < 4.78 is 28.8. The molecule has 28 heavy (non-hydrogen) atoms. The summed E-state index contributed by atoms with van der Waals surface area (Å²) in [7, 11) is 1.86. The quantitative estimate of drug-likeness (QED) is 0.542. The van der Waals surface area contributed by atoms with Crippen LogP contribution in [-0.2, 0) is 7.05 Å². The highest BCUT2D eigenvalue weighted by molar-refractivity contribution is 7.19. The Bertz CT molecular complexity index is 1150. The Morgan fingerprint density at radius 1 is 1.14 bits per heavy atom. The molecule has 0 aliphatic heterocycles. The third kappa shape index (κ3) is 3.41. The van der Waals surface area contributed by atoms with Crippen LogP contribution < -0.4 is 5.32 Å². The smallest absolute Gasteiger partial charge is 0.260 e. The number of carbonyl (C=O) groups excluding carboxylic acids is 1. The second kappa shape index (κ2) is 7.32. The first-order valence-corrected chi connectivity index (χ1v) is 9.15. The summed E-state index contributed by atoms with van der Waals surface area (Å²) in [5, 5.41) is 2.90. The van der Waals surface area contributed by atoms with Gasteiger partial charge in [0.15, 0.2) is 11.0 Å². The molecule has 0 saturated heterocycles. The van der Waals surface area contributed by atoms with E-state index < -0.39 is 17.5 Å². The van der Waals surface area contributed by atoms with Crippen molar-refractivity contribution in [2.75, 3.05) is 5.32 Å². The number of amides is 1. The lowest BCUT2D eigenvalue weighted by atomic mass is 10.1. The monoisotopic (exact) mass is 396 g/mol. The van der Waals surface area contributed by atoms with E-state index in [-0.39, 0.29) is 5.56 Å². The Hall–Kier alpha value is -3.39. The first kappa shape index (κ1) is 18.0. The van der Waals surface area contributed by atoms with Gasteiger partial charge >= 0.3 is 0 Å². The number of nitrogens with zero attached hydrogens (tertiary/aromatic N) is 3. The molecule has 0 aliphatic carbocycles. The van der Waals surface area contributed by atoms with E-state index in [1.807, 2.05) is 48.1 Å². The topological polar surface area (TPSA) is 59.8 Å². The molecule has 4 rings (SSSR count). The van der Waals surface area contributed by atoms with Crippen molar-refractivity contribution in [1.29, 1.82) is 0 Å². The minimum atomic E-state index is -0.929. The molecule has 0 saturated carbocycles. The van der Waals surface area contributed by atoms with Crippen LogP contribution in [0.3, 0.4) is 0 Å². The van der Waals surface area contributed by atoms with Gasteiger partial charge in [0.1, 0.15) is 11.6 Å². The zero-order valence-corrected chi connectivity index (χ0v) is 15.5. The molecule has 0 atom stereocenters. The van der Waals surface area contributed by atoms with Gasteiger partial charge in [0, 0.05) is 31.1 Å². The summed E-state index contributed by atoms with van der Waals surface area (Å²) in [5.41, 5.74) is 1.27. The molecule has 0 spiro atoms. The van der Waals surface area contributed by atoms with Crippen LogP contribution in [0.25, 0.3) is 22.0 Å². The molecule has 2 aromatic heterocycles. The van der Waals surface area contributed by atoms with E-state index in [0.29, 0.717) is 22.7 Å². The van der Waals surface area contributed by atoms with Gasteiger partial charge in [-0.2, -0.15) is 0 Å². The van der Waals surface area contributed by atoms with E-state index in [9.17, 15) is 13.6 Å². The van der Waals surface area contributed by atoms with Crippen LogP contribution in [0, 0.1) is 11.6 Å². The molecular weight excluding hydrogens is 382 g/mol. The Labute approximate surface area is 163 Å². The summed E-state index contributed by atoms with van der Waals surface area (Å²) in [5.74, 6) is -1.67. The van der Waals surface area contributed by atoms with Crippen molar-refractivity contribution in [3.63, 3.8) is 0 Å². The zero-order valence-electron chi connectivity index (χ0n) is 14.7. The average Bonchev–Trinajstić information content (AvgIpc) is 3.28. The van der Waals surface area contributed by atoms with Crippen LogP contribution in [0.15, 0.2) is 60.9 Å².